The van der Waals surface area contributed by atoms with E-state index in [1.165, 1.54) is 19.2 Å². The van der Waals surface area contributed by atoms with Crippen molar-refractivity contribution in [2.45, 2.75) is 18.6 Å². The summed E-state index contributed by atoms with van der Waals surface area (Å²) in [5.74, 6) is 0.151. The van der Waals surface area contributed by atoms with Crippen molar-refractivity contribution in [1.82, 2.24) is 5.01 Å². The second-order valence-electron chi connectivity index (χ2n) is 6.37. The fourth-order valence-electron chi connectivity index (χ4n) is 3.35. The number of imide groups is 1. The molecule has 2 aliphatic rings. The van der Waals surface area contributed by atoms with Crippen LogP contribution in [0.2, 0.25) is 5.02 Å². The lowest BCUT2D eigenvalue weighted by molar-refractivity contribution is -0.123. The van der Waals surface area contributed by atoms with Crippen LogP contribution in [0.4, 0.5) is 5.69 Å². The van der Waals surface area contributed by atoms with E-state index < -0.39 is 18.0 Å². The molecule has 2 atom stereocenters. The first-order valence-electron chi connectivity index (χ1n) is 8.55. The number of nitrogens with zero attached hydrogens (tertiary/aromatic N) is 4. The van der Waals surface area contributed by atoms with Crippen LogP contribution in [0, 0.1) is 0 Å². The van der Waals surface area contributed by atoms with E-state index in [1.807, 2.05) is 12.1 Å². The summed E-state index contributed by atoms with van der Waals surface area (Å²) in [5.41, 5.74) is 1.32. The summed E-state index contributed by atoms with van der Waals surface area (Å²) in [6.45, 7) is 0.348. The number of benzene rings is 2. The van der Waals surface area contributed by atoms with Crippen LogP contribution >= 0.6 is 11.6 Å². The van der Waals surface area contributed by atoms with Gasteiger partial charge in [-0.2, -0.15) is 5.11 Å². The van der Waals surface area contributed by atoms with E-state index in [0.29, 0.717) is 28.8 Å². The lowest BCUT2D eigenvalue weighted by Crippen LogP contribution is -2.39. The number of ether oxygens (including phenoxy) is 2. The number of amides is 2. The molecule has 2 aromatic carbocycles. The quantitative estimate of drug-likeness (QED) is 0.720. The van der Waals surface area contributed by atoms with Gasteiger partial charge in [-0.15, -0.1) is 0 Å². The summed E-state index contributed by atoms with van der Waals surface area (Å²) in [4.78, 5) is 27.0. The molecule has 2 heterocycles. The van der Waals surface area contributed by atoms with E-state index in [2.05, 4.69) is 10.3 Å². The Balaban J connectivity index is 1.60. The minimum absolute atomic E-state index is 0.348. The first-order valence-corrected chi connectivity index (χ1v) is 8.93. The van der Waals surface area contributed by atoms with Gasteiger partial charge < -0.3 is 9.47 Å². The summed E-state index contributed by atoms with van der Waals surface area (Å²) in [7, 11) is 3.01. The maximum Gasteiger partial charge on any atom is 0.263 e. The summed E-state index contributed by atoms with van der Waals surface area (Å²) in [6, 6.07) is 10.5. The smallest absolute Gasteiger partial charge is 0.263 e. The van der Waals surface area contributed by atoms with E-state index in [-0.39, 0.29) is 5.91 Å². The average molecular weight is 401 g/mol. The zero-order valence-corrected chi connectivity index (χ0v) is 16.0. The van der Waals surface area contributed by atoms with Crippen molar-refractivity contribution in [3.63, 3.8) is 0 Å². The molecule has 0 saturated carbocycles. The molecular weight excluding hydrogens is 384 g/mol. The zero-order chi connectivity index (χ0) is 19.8. The Labute approximate surface area is 166 Å². The van der Waals surface area contributed by atoms with Gasteiger partial charge in [0, 0.05) is 11.1 Å². The Morgan fingerprint density at radius 2 is 1.71 bits per heavy atom. The highest BCUT2D eigenvalue weighted by Gasteiger charge is 2.54. The van der Waals surface area contributed by atoms with Gasteiger partial charge in [0.05, 0.1) is 26.5 Å². The fraction of sp³-hybridized carbons (Fsp3) is 0.263. The van der Waals surface area contributed by atoms with Crippen molar-refractivity contribution < 1.29 is 19.1 Å². The van der Waals surface area contributed by atoms with E-state index >= 15 is 0 Å². The third kappa shape index (κ3) is 2.95. The third-order valence-corrected chi connectivity index (χ3v) is 4.99. The molecule has 0 N–H and O–H groups in total. The minimum atomic E-state index is -0.854. The summed E-state index contributed by atoms with van der Waals surface area (Å²) >= 11 is 5.91. The number of hydrogen-bond acceptors (Lipinski definition) is 7. The van der Waals surface area contributed by atoms with Crippen LogP contribution in [0.1, 0.15) is 5.56 Å². The molecule has 8 nitrogen and oxygen atoms in total. The van der Waals surface area contributed by atoms with Crippen LogP contribution in [0.5, 0.6) is 11.5 Å². The molecule has 4 rings (SSSR count). The van der Waals surface area contributed by atoms with Gasteiger partial charge in [-0.25, -0.2) is 4.90 Å². The Hall–Kier alpha value is -3.13. The van der Waals surface area contributed by atoms with Gasteiger partial charge in [-0.3, -0.25) is 14.6 Å². The monoisotopic (exact) mass is 400 g/mol. The Kier molecular flexibility index (Phi) is 4.64. The van der Waals surface area contributed by atoms with Gasteiger partial charge in [0.15, 0.2) is 23.6 Å². The first kappa shape index (κ1) is 18.2. The molecule has 2 aromatic rings. The predicted molar refractivity (Wildman–Crippen MR) is 101 cm³/mol. The molecule has 1 fully saturated rings. The predicted octanol–water partition coefficient (Wildman–Crippen LogP) is 2.85. The Morgan fingerprint density at radius 1 is 1.00 bits per heavy atom. The van der Waals surface area contributed by atoms with Crippen molar-refractivity contribution >= 4 is 29.1 Å². The zero-order valence-electron chi connectivity index (χ0n) is 15.2. The van der Waals surface area contributed by atoms with Crippen molar-refractivity contribution in [3.05, 3.63) is 53.1 Å². The van der Waals surface area contributed by atoms with E-state index in [9.17, 15) is 9.59 Å². The maximum atomic E-state index is 13.1. The lowest BCUT2D eigenvalue weighted by atomic mass is 10.1. The topological polar surface area (TPSA) is 83.8 Å². The molecule has 0 unspecified atom stereocenters. The molecule has 2 amide bonds. The highest BCUT2D eigenvalue weighted by atomic mass is 35.5. The van der Waals surface area contributed by atoms with Gasteiger partial charge in [0.2, 0.25) is 0 Å². The van der Waals surface area contributed by atoms with E-state index in [0.717, 1.165) is 10.5 Å². The summed E-state index contributed by atoms with van der Waals surface area (Å²) < 4.78 is 10.5. The van der Waals surface area contributed by atoms with Crippen molar-refractivity contribution in [3.8, 4) is 11.5 Å². The number of fused-ring (bicyclic) bond motifs is 1. The SMILES string of the molecule is COc1ccc(N2C(=O)[C@H]3N=NN(Cc4ccc(Cl)cc4)[C@@H]3C2=O)cc1OC. The number of carbonyl (C=O) groups excluding carboxylic acids is 2. The highest BCUT2D eigenvalue weighted by molar-refractivity contribution is 6.30. The molecule has 0 radical (unpaired) electrons. The second-order valence-corrected chi connectivity index (χ2v) is 6.81. The van der Waals surface area contributed by atoms with Crippen molar-refractivity contribution in [2.75, 3.05) is 19.1 Å². The standard InChI is InChI=1S/C19H17ClN4O4/c1-27-14-8-7-13(9-15(14)28-2)24-18(25)16-17(19(24)26)23(22-21-16)10-11-3-5-12(20)6-4-11/h3-9,16-17H,10H2,1-2H3/t16-,17-/m0/s1. The number of carbonyl (C=O) groups is 2. The number of hydrogen-bond donors (Lipinski definition) is 0. The molecule has 28 heavy (non-hydrogen) atoms. The Morgan fingerprint density at radius 3 is 2.39 bits per heavy atom. The van der Waals surface area contributed by atoms with Gasteiger partial charge in [-0.05, 0) is 29.8 Å². The molecule has 1 saturated heterocycles. The minimum Gasteiger partial charge on any atom is -0.493 e. The number of halogens is 1. The average Bonchev–Trinajstić information content (AvgIpc) is 3.23. The van der Waals surface area contributed by atoms with Gasteiger partial charge in [0.1, 0.15) is 0 Å². The van der Waals surface area contributed by atoms with Crippen molar-refractivity contribution in [1.29, 1.82) is 0 Å². The van der Waals surface area contributed by atoms with Crippen LogP contribution in [-0.4, -0.2) is 43.1 Å². The van der Waals surface area contributed by atoms with Crippen LogP contribution in [0.3, 0.4) is 0 Å². The normalized spacial score (nSPS) is 20.7. The first-order chi connectivity index (χ1) is 13.5. The van der Waals surface area contributed by atoms with Crippen LogP contribution in [0.15, 0.2) is 52.8 Å². The lowest BCUT2D eigenvalue weighted by Gasteiger charge is -2.21. The van der Waals surface area contributed by atoms with Crippen molar-refractivity contribution in [2.24, 2.45) is 10.3 Å². The highest BCUT2D eigenvalue weighted by Crippen LogP contribution is 2.37. The van der Waals surface area contributed by atoms with Gasteiger partial charge >= 0.3 is 0 Å². The molecule has 0 aromatic heterocycles. The van der Waals surface area contributed by atoms with E-state index in [4.69, 9.17) is 21.1 Å². The van der Waals surface area contributed by atoms with Gasteiger partial charge in [0.25, 0.3) is 11.8 Å². The molecule has 0 aliphatic carbocycles. The molecule has 0 spiro atoms. The number of anilines is 1. The van der Waals surface area contributed by atoms with Crippen LogP contribution in [-0.2, 0) is 16.1 Å². The van der Waals surface area contributed by atoms with Crippen LogP contribution in [0.25, 0.3) is 0 Å². The molecule has 2 aliphatic heterocycles. The molecule has 0 bridgehead atoms. The maximum absolute atomic E-state index is 13.1. The molecular formula is C19H17ClN4O4. The number of methoxy groups -OCH3 is 2. The Bertz CT molecular complexity index is 963. The summed E-state index contributed by atoms with van der Waals surface area (Å²) in [6.07, 6.45) is 0. The molecule has 144 valence electrons. The van der Waals surface area contributed by atoms with Gasteiger partial charge in [-0.1, -0.05) is 29.0 Å². The van der Waals surface area contributed by atoms with E-state index in [1.54, 1.807) is 30.3 Å². The molecule has 9 heteroatoms. The summed E-state index contributed by atoms with van der Waals surface area (Å²) in [5, 5.41) is 10.2. The van der Waals surface area contributed by atoms with Crippen LogP contribution < -0.4 is 14.4 Å². The third-order valence-electron chi connectivity index (χ3n) is 4.74. The fourth-order valence-corrected chi connectivity index (χ4v) is 3.48. The number of rotatable bonds is 5. The second kappa shape index (κ2) is 7.12. The largest absolute Gasteiger partial charge is 0.493 e.